The third-order valence-electron chi connectivity index (χ3n) is 12.9. The van der Waals surface area contributed by atoms with Crippen molar-refractivity contribution >= 4 is 99.5 Å². The molecule has 0 fully saturated rings. The first-order valence-electron chi connectivity index (χ1n) is 22.2. The van der Waals surface area contributed by atoms with Crippen LogP contribution in [0.3, 0.4) is 0 Å². The van der Waals surface area contributed by atoms with Crippen molar-refractivity contribution in [1.82, 2.24) is 0 Å². The minimum Gasteiger partial charge on any atom is -0.452 e. The number of fused-ring (bicyclic) bond motifs is 11. The van der Waals surface area contributed by atoms with Crippen LogP contribution in [-0.2, 0) is 25.7 Å². The summed E-state index contributed by atoms with van der Waals surface area (Å²) in [6.45, 7) is 8.81. The van der Waals surface area contributed by atoms with Gasteiger partial charge in [-0.3, -0.25) is 0 Å². The molecule has 4 nitrogen and oxygen atoms in total. The number of nitrogens with zero attached hydrogens (tertiary/aromatic N) is 2. The van der Waals surface area contributed by atoms with Crippen molar-refractivity contribution in [3.63, 3.8) is 0 Å². The molecule has 0 radical (unpaired) electrons. The van der Waals surface area contributed by atoms with Gasteiger partial charge in [0, 0.05) is 67.2 Å². The molecule has 0 bridgehead atoms. The molecular formula is C58H48N2O2. The van der Waals surface area contributed by atoms with Gasteiger partial charge in [0.15, 0.2) is 11.2 Å². The zero-order valence-corrected chi connectivity index (χ0v) is 35.7. The maximum atomic E-state index is 7.08. The van der Waals surface area contributed by atoms with Crippen molar-refractivity contribution in [1.29, 1.82) is 0 Å². The van der Waals surface area contributed by atoms with Crippen LogP contribution in [0.25, 0.3) is 65.4 Å². The first-order chi connectivity index (χ1) is 30.5. The average molecular weight is 805 g/mol. The lowest BCUT2D eigenvalue weighted by atomic mass is 9.98. The summed E-state index contributed by atoms with van der Waals surface area (Å²) < 4.78 is 14.2. The maximum Gasteiger partial charge on any atom is 0.178 e. The highest BCUT2D eigenvalue weighted by molar-refractivity contribution is 6.29. The minimum atomic E-state index is 0.759. The van der Waals surface area contributed by atoms with Crippen LogP contribution in [0, 0.1) is 0 Å². The Bertz CT molecular complexity index is 3100. The fraction of sp³-hybridized carbons (Fsp3) is 0.138. The van der Waals surface area contributed by atoms with E-state index in [1.807, 2.05) is 0 Å². The second-order valence-corrected chi connectivity index (χ2v) is 16.4. The number of furan rings is 2. The summed E-state index contributed by atoms with van der Waals surface area (Å²) in [5, 5.41) is 8.85. The van der Waals surface area contributed by atoms with Gasteiger partial charge in [0.1, 0.15) is 11.2 Å². The Labute approximate surface area is 362 Å². The van der Waals surface area contributed by atoms with Crippen molar-refractivity contribution in [2.45, 2.75) is 53.4 Å². The Hall–Kier alpha value is -7.30. The van der Waals surface area contributed by atoms with Crippen molar-refractivity contribution in [2.24, 2.45) is 0 Å². The highest BCUT2D eigenvalue weighted by Crippen LogP contribution is 2.49. The van der Waals surface area contributed by atoms with Crippen molar-refractivity contribution in [3.8, 4) is 0 Å². The normalized spacial score (nSPS) is 11.8. The van der Waals surface area contributed by atoms with Crippen molar-refractivity contribution in [3.05, 3.63) is 192 Å². The van der Waals surface area contributed by atoms with Crippen LogP contribution < -0.4 is 9.80 Å². The topological polar surface area (TPSA) is 32.8 Å². The van der Waals surface area contributed by atoms with Gasteiger partial charge in [-0.25, -0.2) is 0 Å². The molecule has 302 valence electrons. The van der Waals surface area contributed by atoms with Gasteiger partial charge < -0.3 is 18.6 Å². The second-order valence-electron chi connectivity index (χ2n) is 16.4. The van der Waals surface area contributed by atoms with Crippen molar-refractivity contribution < 1.29 is 8.83 Å². The van der Waals surface area contributed by atoms with Crippen LogP contribution in [-0.4, -0.2) is 0 Å². The zero-order valence-electron chi connectivity index (χ0n) is 35.7. The standard InChI is InChI=1S/C58H48N2O2/c1-5-37-17-25-41(26-18-37)59(42-27-19-38(6-2)20-28-42)51-35-53-55(47-15-11-9-13-45(47)51)49-33-34-50-56-48-16-12-10-14-46(48)52(36-54(56)62-58(50)57(49)61-53)60(43-29-21-39(7-3)22-30-43)44-31-23-40(8-4)24-32-44/h9-36H,5-8H2,1-4H3. The van der Waals surface area contributed by atoms with E-state index in [1.165, 1.54) is 22.3 Å². The maximum absolute atomic E-state index is 7.08. The lowest BCUT2D eigenvalue weighted by molar-refractivity contribution is 0.633. The van der Waals surface area contributed by atoms with Gasteiger partial charge >= 0.3 is 0 Å². The van der Waals surface area contributed by atoms with Gasteiger partial charge in [0.2, 0.25) is 0 Å². The minimum absolute atomic E-state index is 0.759. The molecule has 0 atom stereocenters. The molecule has 11 aromatic rings. The average Bonchev–Trinajstić information content (AvgIpc) is 3.91. The summed E-state index contributed by atoms with van der Waals surface area (Å²) in [6, 6.07) is 62.2. The van der Waals surface area contributed by atoms with Crippen LogP contribution in [0.2, 0.25) is 0 Å². The molecule has 2 heterocycles. The molecule has 0 saturated carbocycles. The molecule has 9 aromatic carbocycles. The third kappa shape index (κ3) is 6.12. The number of benzene rings is 9. The van der Waals surface area contributed by atoms with E-state index in [0.717, 1.165) is 125 Å². The van der Waals surface area contributed by atoms with Gasteiger partial charge in [-0.15, -0.1) is 0 Å². The molecule has 0 unspecified atom stereocenters. The van der Waals surface area contributed by atoms with Gasteiger partial charge in [-0.1, -0.05) is 125 Å². The summed E-state index contributed by atoms with van der Waals surface area (Å²) >= 11 is 0. The number of hydrogen-bond donors (Lipinski definition) is 0. The Balaban J connectivity index is 1.15. The van der Waals surface area contributed by atoms with Crippen LogP contribution in [0.4, 0.5) is 34.1 Å². The fourth-order valence-corrected chi connectivity index (χ4v) is 9.51. The number of anilines is 6. The second kappa shape index (κ2) is 15.3. The summed E-state index contributed by atoms with van der Waals surface area (Å²) in [5.74, 6) is 0. The summed E-state index contributed by atoms with van der Waals surface area (Å²) in [5.41, 5.74) is 15.0. The Morgan fingerprint density at radius 2 is 0.613 bits per heavy atom. The lowest BCUT2D eigenvalue weighted by Gasteiger charge is -2.27. The Kier molecular flexibility index (Phi) is 9.30. The lowest BCUT2D eigenvalue weighted by Crippen LogP contribution is -2.10. The van der Waals surface area contributed by atoms with E-state index in [-0.39, 0.29) is 0 Å². The van der Waals surface area contributed by atoms with E-state index < -0.39 is 0 Å². The van der Waals surface area contributed by atoms with E-state index in [1.54, 1.807) is 0 Å². The number of aryl methyl sites for hydroxylation is 4. The monoisotopic (exact) mass is 804 g/mol. The van der Waals surface area contributed by atoms with Crippen LogP contribution >= 0.6 is 0 Å². The number of hydrogen-bond acceptors (Lipinski definition) is 4. The van der Waals surface area contributed by atoms with Crippen LogP contribution in [0.5, 0.6) is 0 Å². The van der Waals surface area contributed by atoms with Gasteiger partial charge in [0.05, 0.1) is 11.4 Å². The quantitative estimate of drug-likeness (QED) is 0.138. The first kappa shape index (κ1) is 37.7. The van der Waals surface area contributed by atoms with Gasteiger partial charge in [-0.2, -0.15) is 0 Å². The van der Waals surface area contributed by atoms with Crippen LogP contribution in [0.15, 0.2) is 179 Å². The summed E-state index contributed by atoms with van der Waals surface area (Å²) in [6.07, 6.45) is 3.96. The van der Waals surface area contributed by atoms with Gasteiger partial charge in [0.25, 0.3) is 0 Å². The SMILES string of the molecule is CCc1ccc(N(c2ccc(CC)cc2)c2cc3oc4c(ccc5c4oc4cc(N(c6ccc(CC)cc6)c6ccc(CC)cc6)c6ccccc6c45)c3c3ccccc23)cc1. The molecule has 0 aliphatic heterocycles. The Morgan fingerprint density at radius 3 is 0.903 bits per heavy atom. The third-order valence-corrected chi connectivity index (χ3v) is 12.9. The summed E-state index contributed by atoms with van der Waals surface area (Å²) in [4.78, 5) is 4.74. The molecule has 0 aliphatic carbocycles. The molecule has 4 heteroatoms. The number of rotatable bonds is 10. The molecule has 11 rings (SSSR count). The molecular weight excluding hydrogens is 757 g/mol. The molecule has 62 heavy (non-hydrogen) atoms. The van der Waals surface area contributed by atoms with E-state index in [9.17, 15) is 0 Å². The van der Waals surface area contributed by atoms with Crippen LogP contribution in [0.1, 0.15) is 49.9 Å². The highest BCUT2D eigenvalue weighted by Gasteiger charge is 2.25. The summed E-state index contributed by atoms with van der Waals surface area (Å²) in [7, 11) is 0. The Morgan fingerprint density at radius 1 is 0.323 bits per heavy atom. The highest BCUT2D eigenvalue weighted by atomic mass is 16.4. The van der Waals surface area contributed by atoms with E-state index in [4.69, 9.17) is 8.83 Å². The molecule has 2 aromatic heterocycles. The smallest absolute Gasteiger partial charge is 0.178 e. The van der Waals surface area contributed by atoms with E-state index in [2.05, 4.69) is 207 Å². The first-order valence-corrected chi connectivity index (χ1v) is 22.2. The molecule has 0 amide bonds. The van der Waals surface area contributed by atoms with Crippen molar-refractivity contribution in [2.75, 3.05) is 9.80 Å². The zero-order chi connectivity index (χ0) is 41.9. The molecule has 0 spiro atoms. The fourth-order valence-electron chi connectivity index (χ4n) is 9.51. The molecule has 0 N–H and O–H groups in total. The van der Waals surface area contributed by atoms with E-state index >= 15 is 0 Å². The molecule has 0 saturated heterocycles. The molecule has 0 aliphatic rings. The largest absolute Gasteiger partial charge is 0.452 e. The predicted molar refractivity (Wildman–Crippen MR) is 263 cm³/mol. The van der Waals surface area contributed by atoms with Gasteiger partial charge in [-0.05, 0) is 119 Å². The predicted octanol–water partition coefficient (Wildman–Crippen LogP) is 17.0. The van der Waals surface area contributed by atoms with E-state index in [0.29, 0.717) is 0 Å².